The van der Waals surface area contributed by atoms with E-state index in [0.29, 0.717) is 42.7 Å². The van der Waals surface area contributed by atoms with Crippen LogP contribution in [0.5, 0.6) is 0 Å². The summed E-state index contributed by atoms with van der Waals surface area (Å²) in [7, 11) is -3.22. The second kappa shape index (κ2) is 9.79. The van der Waals surface area contributed by atoms with Crippen LogP contribution in [0.4, 0.5) is 10.2 Å². The van der Waals surface area contributed by atoms with E-state index in [9.17, 15) is 12.8 Å². The van der Waals surface area contributed by atoms with Crippen molar-refractivity contribution >= 4 is 27.4 Å². The number of sulfonamides is 1. The lowest BCUT2D eigenvalue weighted by Gasteiger charge is -2.36. The summed E-state index contributed by atoms with van der Waals surface area (Å²) in [6, 6.07) is 4.67. The van der Waals surface area contributed by atoms with Gasteiger partial charge >= 0.3 is 0 Å². The number of hydrogen-bond acceptors (Lipinski definition) is 5. The molecule has 1 aliphatic heterocycles. The number of rotatable bonds is 7. The molecule has 0 atom stereocenters. The molecule has 2 heterocycles. The molecular formula is C22H30ClFN4O2S. The van der Waals surface area contributed by atoms with Crippen LogP contribution in [0.1, 0.15) is 43.4 Å². The fourth-order valence-electron chi connectivity index (χ4n) is 3.80. The second-order valence-corrected chi connectivity index (χ2v) is 11.0. The van der Waals surface area contributed by atoms with Gasteiger partial charge in [-0.05, 0) is 31.9 Å². The lowest BCUT2D eigenvalue weighted by Crippen LogP contribution is -2.49. The molecule has 3 rings (SSSR count). The molecule has 9 heteroatoms. The molecule has 1 fully saturated rings. The lowest BCUT2D eigenvalue weighted by molar-refractivity contribution is 0.384. The van der Waals surface area contributed by atoms with Crippen LogP contribution in [0.2, 0.25) is 5.02 Å². The summed E-state index contributed by atoms with van der Waals surface area (Å²) in [4.78, 5) is 11.6. The Morgan fingerprint density at radius 3 is 2.39 bits per heavy atom. The van der Waals surface area contributed by atoms with Gasteiger partial charge in [0.1, 0.15) is 17.5 Å². The fourth-order valence-corrected chi connectivity index (χ4v) is 5.12. The van der Waals surface area contributed by atoms with Crippen molar-refractivity contribution < 1.29 is 12.8 Å². The van der Waals surface area contributed by atoms with E-state index in [1.807, 2.05) is 6.92 Å². The average Bonchev–Trinajstić information content (AvgIpc) is 2.71. The van der Waals surface area contributed by atoms with Crippen LogP contribution in [0.15, 0.2) is 18.2 Å². The molecule has 0 N–H and O–H groups in total. The molecule has 1 aromatic carbocycles. The predicted octanol–water partition coefficient (Wildman–Crippen LogP) is 3.84. The van der Waals surface area contributed by atoms with E-state index in [4.69, 9.17) is 16.6 Å². The SMILES string of the molecule is CCS(=O)(=O)N1CCN(c2nc(CC(C)C)nc(C)c2Cc2c(F)cccc2Cl)CC1. The van der Waals surface area contributed by atoms with Gasteiger partial charge in [0.05, 0.1) is 5.75 Å². The summed E-state index contributed by atoms with van der Waals surface area (Å²) in [5.74, 6) is 1.62. The van der Waals surface area contributed by atoms with Gasteiger partial charge in [0.15, 0.2) is 0 Å². The Bertz CT molecular complexity index is 1020. The Balaban J connectivity index is 1.98. The molecule has 0 radical (unpaired) electrons. The molecule has 1 aromatic heterocycles. The molecule has 0 bridgehead atoms. The van der Waals surface area contributed by atoms with E-state index >= 15 is 0 Å². The third kappa shape index (κ3) is 5.54. The highest BCUT2D eigenvalue weighted by atomic mass is 35.5. The summed E-state index contributed by atoms with van der Waals surface area (Å²) in [6.45, 7) is 9.64. The Morgan fingerprint density at radius 2 is 1.81 bits per heavy atom. The molecule has 1 saturated heterocycles. The molecule has 0 spiro atoms. The number of hydrogen-bond donors (Lipinski definition) is 0. The number of anilines is 1. The minimum Gasteiger partial charge on any atom is -0.354 e. The number of piperazine rings is 1. The molecule has 6 nitrogen and oxygen atoms in total. The first-order valence-electron chi connectivity index (χ1n) is 10.6. The molecule has 0 amide bonds. The Hall–Kier alpha value is -1.77. The van der Waals surface area contributed by atoms with Crippen molar-refractivity contribution in [2.75, 3.05) is 36.8 Å². The minimum atomic E-state index is -3.22. The van der Waals surface area contributed by atoms with Crippen molar-refractivity contribution in [3.63, 3.8) is 0 Å². The van der Waals surface area contributed by atoms with Gasteiger partial charge in [-0.25, -0.2) is 22.8 Å². The minimum absolute atomic E-state index is 0.0924. The number of nitrogens with zero attached hydrogens (tertiary/aromatic N) is 4. The molecule has 1 aliphatic rings. The van der Waals surface area contributed by atoms with Crippen LogP contribution in [0, 0.1) is 18.7 Å². The highest BCUT2D eigenvalue weighted by Gasteiger charge is 2.28. The summed E-state index contributed by atoms with van der Waals surface area (Å²) in [5, 5.41) is 0.371. The third-order valence-electron chi connectivity index (χ3n) is 5.54. The van der Waals surface area contributed by atoms with Crippen LogP contribution < -0.4 is 4.90 Å². The zero-order valence-corrected chi connectivity index (χ0v) is 20.1. The van der Waals surface area contributed by atoms with E-state index < -0.39 is 10.0 Å². The standard InChI is InChI=1S/C22H30ClFN4O2S/c1-5-31(29,30)28-11-9-27(10-12-28)22-17(14-18-19(23)7-6-8-20(18)24)16(4)25-21(26-22)13-15(2)3/h6-8,15H,5,9-14H2,1-4H3. The van der Waals surface area contributed by atoms with Gasteiger partial charge < -0.3 is 4.90 Å². The molecule has 0 saturated carbocycles. The van der Waals surface area contributed by atoms with Crippen molar-refractivity contribution in [2.45, 2.75) is 40.5 Å². The molecule has 31 heavy (non-hydrogen) atoms. The average molecular weight is 469 g/mol. The quantitative estimate of drug-likeness (QED) is 0.617. The second-order valence-electron chi connectivity index (χ2n) is 8.29. The number of aryl methyl sites for hydroxylation is 1. The maximum Gasteiger partial charge on any atom is 0.213 e. The Labute approximate surface area is 189 Å². The van der Waals surface area contributed by atoms with Crippen LogP contribution in [0.3, 0.4) is 0 Å². The molecule has 0 unspecified atom stereocenters. The van der Waals surface area contributed by atoms with E-state index in [1.54, 1.807) is 19.1 Å². The van der Waals surface area contributed by atoms with Gasteiger partial charge in [0, 0.05) is 60.9 Å². The van der Waals surface area contributed by atoms with Gasteiger partial charge in [-0.3, -0.25) is 0 Å². The maximum atomic E-state index is 14.5. The largest absolute Gasteiger partial charge is 0.354 e. The summed E-state index contributed by atoms with van der Waals surface area (Å²) in [6.07, 6.45) is 1.01. The topological polar surface area (TPSA) is 66.4 Å². The Morgan fingerprint density at radius 1 is 1.13 bits per heavy atom. The zero-order valence-electron chi connectivity index (χ0n) is 18.5. The predicted molar refractivity (Wildman–Crippen MR) is 123 cm³/mol. The van der Waals surface area contributed by atoms with Crippen LogP contribution >= 0.6 is 11.6 Å². The van der Waals surface area contributed by atoms with Gasteiger partial charge in [0.25, 0.3) is 0 Å². The molecule has 170 valence electrons. The first-order valence-corrected chi connectivity index (χ1v) is 12.6. The first-order chi connectivity index (χ1) is 14.6. The molecule has 2 aromatic rings. The van der Waals surface area contributed by atoms with Gasteiger partial charge in [-0.1, -0.05) is 31.5 Å². The summed E-state index contributed by atoms with van der Waals surface area (Å²) in [5.41, 5.74) is 2.04. The number of halogens is 2. The zero-order chi connectivity index (χ0) is 22.8. The van der Waals surface area contributed by atoms with E-state index in [1.165, 1.54) is 10.4 Å². The van der Waals surface area contributed by atoms with Crippen molar-refractivity contribution in [3.05, 3.63) is 51.7 Å². The van der Waals surface area contributed by atoms with E-state index in [2.05, 4.69) is 23.7 Å². The smallest absolute Gasteiger partial charge is 0.213 e. The van der Waals surface area contributed by atoms with Gasteiger partial charge in [0.2, 0.25) is 10.0 Å². The van der Waals surface area contributed by atoms with E-state index in [-0.39, 0.29) is 18.0 Å². The normalized spacial score (nSPS) is 15.6. The first kappa shape index (κ1) is 23.9. The number of benzene rings is 1. The molecular weight excluding hydrogens is 439 g/mol. The van der Waals surface area contributed by atoms with Crippen molar-refractivity contribution in [2.24, 2.45) is 5.92 Å². The summed E-state index contributed by atoms with van der Waals surface area (Å²) < 4.78 is 40.5. The lowest BCUT2D eigenvalue weighted by atomic mass is 10.0. The highest BCUT2D eigenvalue weighted by molar-refractivity contribution is 7.89. The summed E-state index contributed by atoms with van der Waals surface area (Å²) >= 11 is 6.29. The fraction of sp³-hybridized carbons (Fsp3) is 0.545. The number of aromatic nitrogens is 2. The van der Waals surface area contributed by atoms with Crippen molar-refractivity contribution in [1.29, 1.82) is 0 Å². The van der Waals surface area contributed by atoms with E-state index in [0.717, 1.165) is 29.3 Å². The highest BCUT2D eigenvalue weighted by Crippen LogP contribution is 2.29. The Kier molecular flexibility index (Phi) is 7.55. The van der Waals surface area contributed by atoms with Crippen LogP contribution in [-0.2, 0) is 22.9 Å². The monoisotopic (exact) mass is 468 g/mol. The van der Waals surface area contributed by atoms with Gasteiger partial charge in [-0.15, -0.1) is 0 Å². The van der Waals surface area contributed by atoms with Crippen LogP contribution in [0.25, 0.3) is 0 Å². The van der Waals surface area contributed by atoms with Gasteiger partial charge in [-0.2, -0.15) is 4.31 Å². The third-order valence-corrected chi connectivity index (χ3v) is 7.78. The van der Waals surface area contributed by atoms with Crippen molar-refractivity contribution in [1.82, 2.24) is 14.3 Å². The van der Waals surface area contributed by atoms with Crippen LogP contribution in [-0.4, -0.2) is 54.6 Å². The molecule has 0 aliphatic carbocycles. The van der Waals surface area contributed by atoms with Crippen molar-refractivity contribution in [3.8, 4) is 0 Å². The maximum absolute atomic E-state index is 14.5.